The second-order valence-corrected chi connectivity index (χ2v) is 3.39. The zero-order valence-corrected chi connectivity index (χ0v) is 8.30. The van der Waals surface area contributed by atoms with Crippen molar-refractivity contribution in [3.63, 3.8) is 0 Å². The largest absolute Gasteiger partial charge is 0.434 e. The van der Waals surface area contributed by atoms with Crippen LogP contribution in [0, 0.1) is 4.91 Å². The third-order valence-corrected chi connectivity index (χ3v) is 2.33. The van der Waals surface area contributed by atoms with Gasteiger partial charge in [0.2, 0.25) is 0 Å². The van der Waals surface area contributed by atoms with Crippen LogP contribution in [0.2, 0.25) is 0 Å². The molecule has 1 aliphatic rings. The van der Waals surface area contributed by atoms with E-state index in [4.69, 9.17) is 0 Å². The topological polar surface area (TPSA) is 50.4 Å². The molecule has 1 aromatic rings. The lowest BCUT2D eigenvalue weighted by Crippen LogP contribution is -2.30. The minimum Gasteiger partial charge on any atom is -0.302 e. The Kier molecular flexibility index (Phi) is 2.20. The number of hydrogen-bond donors (Lipinski definition) is 0. The molecule has 0 spiro atoms. The quantitative estimate of drug-likeness (QED) is 0.640. The summed E-state index contributed by atoms with van der Waals surface area (Å²) in [4.78, 5) is 18.3. The highest BCUT2D eigenvalue weighted by Crippen LogP contribution is 2.16. The lowest BCUT2D eigenvalue weighted by molar-refractivity contribution is -0.739. The molecule has 76 valence electrons. The van der Waals surface area contributed by atoms with Crippen LogP contribution in [-0.2, 0) is 17.9 Å². The van der Waals surface area contributed by atoms with Crippen LogP contribution >= 0.6 is 0 Å². The van der Waals surface area contributed by atoms with Gasteiger partial charge in [0.25, 0.3) is 0 Å². The predicted octanol–water partition coefficient (Wildman–Crippen LogP) is 0.300. The third-order valence-electron chi connectivity index (χ3n) is 2.33. The highest BCUT2D eigenvalue weighted by atomic mass is 16.8. The van der Waals surface area contributed by atoms with Gasteiger partial charge < -0.3 is 4.84 Å². The lowest BCUT2D eigenvalue weighted by Gasteiger charge is -2.20. The van der Waals surface area contributed by atoms with Crippen molar-refractivity contribution in [2.45, 2.75) is 13.1 Å². The first-order valence-corrected chi connectivity index (χ1v) is 4.47. The van der Waals surface area contributed by atoms with Gasteiger partial charge in [-0.15, -0.1) is 0 Å². The second-order valence-electron chi connectivity index (χ2n) is 3.39. The van der Waals surface area contributed by atoms with Crippen LogP contribution in [0.5, 0.6) is 0 Å². The molecule has 0 saturated heterocycles. The molecular weight excluding hydrogens is 184 g/mol. The van der Waals surface area contributed by atoms with Crippen molar-refractivity contribution in [2.75, 3.05) is 20.7 Å². The van der Waals surface area contributed by atoms with E-state index in [1.54, 1.807) is 6.07 Å². The molecule has 0 radical (unpaired) electrons. The van der Waals surface area contributed by atoms with Gasteiger partial charge >= 0.3 is 5.82 Å². The zero-order chi connectivity index (χ0) is 10.1. The van der Waals surface area contributed by atoms with E-state index in [0.717, 1.165) is 25.3 Å². The molecule has 0 bridgehead atoms. The van der Waals surface area contributed by atoms with Gasteiger partial charge in [0, 0.05) is 13.1 Å². The number of aromatic nitrogens is 2. The Hall–Kier alpha value is -1.43. The molecule has 0 atom stereocenters. The molecule has 0 unspecified atom stereocenters. The first-order chi connectivity index (χ1) is 6.70. The van der Waals surface area contributed by atoms with E-state index in [9.17, 15) is 4.91 Å². The molecule has 0 aromatic carbocycles. The molecule has 0 saturated carbocycles. The Labute approximate surface area is 81.6 Å². The van der Waals surface area contributed by atoms with Crippen molar-refractivity contribution in [1.29, 1.82) is 0 Å². The summed E-state index contributed by atoms with van der Waals surface area (Å²) in [6.45, 7) is 2.61. The van der Waals surface area contributed by atoms with Crippen molar-refractivity contribution in [1.82, 2.24) is 14.7 Å². The summed E-state index contributed by atoms with van der Waals surface area (Å²) >= 11 is 0. The fraction of sp³-hybridized carbons (Fsp3) is 0.625. The number of fused-ring (bicyclic) bond motifs is 1. The molecule has 0 fully saturated rings. The number of nitrogens with zero attached hydrogens (tertiary/aromatic N) is 4. The summed E-state index contributed by atoms with van der Waals surface area (Å²) in [7, 11) is 3.37. The Balaban J connectivity index is 2.27. The van der Waals surface area contributed by atoms with Gasteiger partial charge in [-0.1, -0.05) is 0 Å². The summed E-state index contributed by atoms with van der Waals surface area (Å²) in [5, 5.41) is 4.13. The molecule has 6 heteroatoms. The molecule has 6 nitrogen and oxygen atoms in total. The van der Waals surface area contributed by atoms with Gasteiger partial charge in [-0.2, -0.15) is 4.68 Å². The molecule has 0 N–H and O–H groups in total. The van der Waals surface area contributed by atoms with E-state index in [0.29, 0.717) is 10.7 Å². The van der Waals surface area contributed by atoms with Gasteiger partial charge in [-0.3, -0.25) is 4.90 Å². The zero-order valence-electron chi connectivity index (χ0n) is 8.30. The standard InChI is InChI=1S/C8H13N4O2/c1-10-3-4-11-7(6-10)5-8(9-11)12(13)14-2/h5H,3-4,6H2,1-2H3/q+1. The minimum absolute atomic E-state index is 0.317. The Morgan fingerprint density at radius 1 is 1.57 bits per heavy atom. The number of hydrogen-bond acceptors (Lipinski definition) is 4. The summed E-state index contributed by atoms with van der Waals surface area (Å²) < 4.78 is 1.85. The van der Waals surface area contributed by atoms with Crippen LogP contribution in [0.4, 0.5) is 5.82 Å². The van der Waals surface area contributed by atoms with E-state index in [2.05, 4.69) is 14.8 Å². The monoisotopic (exact) mass is 197 g/mol. The molecule has 14 heavy (non-hydrogen) atoms. The SMILES string of the molecule is CO[N+](=O)c1cc2n(n1)CCN(C)C2. The van der Waals surface area contributed by atoms with Crippen molar-refractivity contribution in [2.24, 2.45) is 0 Å². The van der Waals surface area contributed by atoms with Crippen molar-refractivity contribution in [3.8, 4) is 0 Å². The van der Waals surface area contributed by atoms with Crippen LogP contribution in [-0.4, -0.2) is 40.3 Å². The van der Waals surface area contributed by atoms with Gasteiger partial charge in [0.15, 0.2) is 4.92 Å². The summed E-state index contributed by atoms with van der Waals surface area (Å²) in [6.07, 6.45) is 0. The van der Waals surface area contributed by atoms with Crippen LogP contribution in [0.3, 0.4) is 0 Å². The summed E-state index contributed by atoms with van der Waals surface area (Å²) in [6, 6.07) is 1.76. The smallest absolute Gasteiger partial charge is 0.302 e. The van der Waals surface area contributed by atoms with Crippen LogP contribution < -0.4 is 0 Å². The van der Waals surface area contributed by atoms with E-state index in [1.165, 1.54) is 7.11 Å². The van der Waals surface area contributed by atoms with Gasteiger partial charge in [0.1, 0.15) is 7.11 Å². The van der Waals surface area contributed by atoms with E-state index in [1.807, 2.05) is 11.7 Å². The summed E-state index contributed by atoms with van der Waals surface area (Å²) in [5.41, 5.74) is 1.05. The highest BCUT2D eigenvalue weighted by molar-refractivity contribution is 5.22. The molecule has 0 amide bonds. The maximum absolute atomic E-state index is 11.1. The average molecular weight is 197 g/mol. The highest BCUT2D eigenvalue weighted by Gasteiger charge is 2.25. The predicted molar refractivity (Wildman–Crippen MR) is 48.9 cm³/mol. The molecule has 2 heterocycles. The van der Waals surface area contributed by atoms with Crippen LogP contribution in [0.15, 0.2) is 6.07 Å². The minimum atomic E-state index is 0.317. The van der Waals surface area contributed by atoms with Crippen LogP contribution in [0.1, 0.15) is 5.69 Å². The Morgan fingerprint density at radius 3 is 3.07 bits per heavy atom. The maximum Gasteiger partial charge on any atom is 0.434 e. The first-order valence-electron chi connectivity index (χ1n) is 4.47. The fourth-order valence-electron chi connectivity index (χ4n) is 1.56. The van der Waals surface area contributed by atoms with Crippen LogP contribution in [0.25, 0.3) is 0 Å². The molecule has 1 aliphatic heterocycles. The molecule has 2 rings (SSSR count). The average Bonchev–Trinajstić information content (AvgIpc) is 2.59. The normalized spacial score (nSPS) is 16.4. The van der Waals surface area contributed by atoms with Gasteiger partial charge in [-0.25, -0.2) is 0 Å². The fourth-order valence-corrected chi connectivity index (χ4v) is 1.56. The number of rotatable bonds is 2. The third kappa shape index (κ3) is 1.48. The van der Waals surface area contributed by atoms with Crippen molar-refractivity contribution in [3.05, 3.63) is 16.7 Å². The van der Waals surface area contributed by atoms with Gasteiger partial charge in [-0.05, 0) is 12.0 Å². The molecular formula is C8H13N4O2+. The van der Waals surface area contributed by atoms with Crippen molar-refractivity contribution >= 4 is 5.82 Å². The summed E-state index contributed by atoms with van der Waals surface area (Å²) in [5.74, 6) is 0.317. The van der Waals surface area contributed by atoms with E-state index < -0.39 is 0 Å². The Morgan fingerprint density at radius 2 is 2.36 bits per heavy atom. The van der Waals surface area contributed by atoms with E-state index in [-0.39, 0.29) is 0 Å². The maximum atomic E-state index is 11.1. The van der Waals surface area contributed by atoms with Gasteiger partial charge in [0.05, 0.1) is 23.4 Å². The lowest BCUT2D eigenvalue weighted by atomic mass is 10.3. The number of likely N-dealkylation sites (N-methyl/N-ethyl adjacent to an activating group) is 1. The van der Waals surface area contributed by atoms with Crippen molar-refractivity contribution < 1.29 is 9.76 Å². The first kappa shape index (κ1) is 9.14. The Bertz CT molecular complexity index is 360. The van der Waals surface area contributed by atoms with E-state index >= 15 is 0 Å². The molecule has 0 aliphatic carbocycles. The molecule has 1 aromatic heterocycles. The second kappa shape index (κ2) is 3.38.